The van der Waals surface area contributed by atoms with Gasteiger partial charge in [-0.3, -0.25) is 4.99 Å². The highest BCUT2D eigenvalue weighted by molar-refractivity contribution is 7.90. The number of aliphatic hydroxyl groups excluding tert-OH is 1. The Kier molecular flexibility index (Phi) is 11.4. The van der Waals surface area contributed by atoms with Crippen LogP contribution in [0.1, 0.15) is 34.6 Å². The van der Waals surface area contributed by atoms with Gasteiger partial charge in [-0.25, -0.2) is 17.8 Å². The summed E-state index contributed by atoms with van der Waals surface area (Å²) in [6.45, 7) is 0.605. The summed E-state index contributed by atoms with van der Waals surface area (Å²) in [6, 6.07) is 11.0. The number of hydrogen-bond acceptors (Lipinski definition) is 8. The molecule has 0 bridgehead atoms. The zero-order valence-electron chi connectivity index (χ0n) is 26.9. The molecule has 1 N–H and O–H groups in total. The topological polar surface area (TPSA) is 112 Å². The van der Waals surface area contributed by atoms with Crippen LogP contribution in [0.15, 0.2) is 70.7 Å². The molecule has 0 fully saturated rings. The fourth-order valence-electron chi connectivity index (χ4n) is 4.84. The second kappa shape index (κ2) is 15.0. The van der Waals surface area contributed by atoms with E-state index in [1.807, 2.05) is 0 Å². The van der Waals surface area contributed by atoms with Gasteiger partial charge in [0.15, 0.2) is 21.4 Å². The Morgan fingerprint density at radius 3 is 2.24 bits per heavy atom. The first-order valence-electron chi connectivity index (χ1n) is 14.5. The van der Waals surface area contributed by atoms with Gasteiger partial charge in [0.2, 0.25) is 0 Å². The van der Waals surface area contributed by atoms with Crippen LogP contribution in [0.4, 0.5) is 30.7 Å². The second-order valence-electron chi connectivity index (χ2n) is 10.7. The fourth-order valence-corrected chi connectivity index (χ4v) is 5.79. The molecule has 0 aliphatic rings. The zero-order valence-corrected chi connectivity index (χ0v) is 27.7. The van der Waals surface area contributed by atoms with E-state index >= 15 is 4.39 Å². The number of sulfone groups is 1. The Balaban J connectivity index is 2.01. The van der Waals surface area contributed by atoms with E-state index in [1.54, 1.807) is 0 Å². The minimum absolute atomic E-state index is 0.0221. The van der Waals surface area contributed by atoms with Gasteiger partial charge in [0.1, 0.15) is 23.2 Å². The molecule has 0 amide bonds. The number of aliphatic hydroxyl groups is 1. The number of hydrogen-bond donors (Lipinski definition) is 1. The van der Waals surface area contributed by atoms with E-state index in [1.165, 1.54) is 57.5 Å². The highest BCUT2D eigenvalue weighted by atomic mass is 32.2. The van der Waals surface area contributed by atoms with Gasteiger partial charge < -0.3 is 23.9 Å². The Bertz CT molecular complexity index is 2020. The third-order valence-electron chi connectivity index (χ3n) is 7.16. The Labute approximate surface area is 282 Å². The number of alkyl halides is 6. The summed E-state index contributed by atoms with van der Waals surface area (Å²) in [4.78, 5) is 7.25. The number of imidazole rings is 1. The minimum atomic E-state index is -4.96. The van der Waals surface area contributed by atoms with Gasteiger partial charge in [-0.1, -0.05) is 6.07 Å². The molecule has 0 radical (unpaired) electrons. The molecule has 4 rings (SSSR count). The molecule has 17 heteroatoms. The largest absolute Gasteiger partial charge is 0.573 e. The standard InChI is InChI=1S/C33H30F7N3O6S/c1-19-42-30(32(35,36)37)17-43(19)27-10-7-21(22-14-26(34)25(18-44)29(16-22)50(4,45)46)13-23(27)15-28(48-31(41-2)11-12-47-3)20-5-8-24(9-6-20)49-33(38,39)40/h5-10,13-17,44H,11-12,18H2,1-4H3/b28-15+,41-31-. The number of aryl methyl sites for hydroxylation is 1. The first kappa shape index (κ1) is 38.1. The van der Waals surface area contributed by atoms with E-state index in [2.05, 4.69) is 14.7 Å². The average Bonchev–Trinajstić information content (AvgIpc) is 3.43. The van der Waals surface area contributed by atoms with Crippen LogP contribution in [-0.4, -0.2) is 62.4 Å². The minimum Gasteiger partial charge on any atom is -0.443 e. The number of nitrogens with zero attached hydrogens (tertiary/aromatic N) is 3. The molecule has 1 heterocycles. The van der Waals surface area contributed by atoms with Crippen molar-refractivity contribution >= 4 is 27.6 Å². The van der Waals surface area contributed by atoms with Crippen LogP contribution in [0.3, 0.4) is 0 Å². The summed E-state index contributed by atoms with van der Waals surface area (Å²) < 4.78 is 136. The van der Waals surface area contributed by atoms with E-state index in [0.29, 0.717) is 0 Å². The molecule has 0 saturated carbocycles. The van der Waals surface area contributed by atoms with Crippen LogP contribution in [0.2, 0.25) is 0 Å². The van der Waals surface area contributed by atoms with Gasteiger partial charge in [0.05, 0.1) is 23.8 Å². The smallest absolute Gasteiger partial charge is 0.443 e. The number of halogens is 7. The normalized spacial score (nSPS) is 13.1. The maximum Gasteiger partial charge on any atom is 0.573 e. The zero-order chi connectivity index (χ0) is 37.0. The lowest BCUT2D eigenvalue weighted by atomic mass is 9.99. The summed E-state index contributed by atoms with van der Waals surface area (Å²) in [7, 11) is -1.16. The fraction of sp³-hybridized carbons (Fsp3) is 0.273. The third-order valence-corrected chi connectivity index (χ3v) is 8.32. The van der Waals surface area contributed by atoms with Gasteiger partial charge in [0, 0.05) is 49.7 Å². The maximum atomic E-state index is 15.1. The van der Waals surface area contributed by atoms with E-state index in [9.17, 15) is 39.9 Å². The van der Waals surface area contributed by atoms with Crippen molar-refractivity contribution in [1.82, 2.24) is 9.55 Å². The Hall–Kier alpha value is -4.74. The summed E-state index contributed by atoms with van der Waals surface area (Å²) in [6.07, 6.45) is -6.61. The van der Waals surface area contributed by atoms with Crippen LogP contribution >= 0.6 is 0 Å². The molecule has 0 aliphatic heterocycles. The predicted octanol–water partition coefficient (Wildman–Crippen LogP) is 7.38. The number of rotatable bonds is 11. The highest BCUT2D eigenvalue weighted by Gasteiger charge is 2.35. The van der Waals surface area contributed by atoms with Crippen LogP contribution in [0.5, 0.6) is 5.75 Å². The third kappa shape index (κ3) is 9.28. The number of ether oxygens (including phenoxy) is 3. The second-order valence-corrected chi connectivity index (χ2v) is 12.7. The van der Waals surface area contributed by atoms with Crippen molar-refractivity contribution in [1.29, 1.82) is 0 Å². The van der Waals surface area contributed by atoms with Gasteiger partial charge in [-0.2, -0.15) is 13.2 Å². The lowest BCUT2D eigenvalue weighted by Crippen LogP contribution is -2.17. The van der Waals surface area contributed by atoms with Crippen LogP contribution in [-0.2, 0) is 32.1 Å². The number of methoxy groups -OCH3 is 1. The Morgan fingerprint density at radius 2 is 1.70 bits per heavy atom. The van der Waals surface area contributed by atoms with E-state index in [0.717, 1.165) is 41.3 Å². The molecule has 0 atom stereocenters. The lowest BCUT2D eigenvalue weighted by Gasteiger charge is -2.17. The maximum absolute atomic E-state index is 15.1. The molecule has 1 aromatic heterocycles. The molecule has 4 aromatic rings. The number of aliphatic imine (C=N–C) groups is 1. The van der Waals surface area contributed by atoms with Crippen molar-refractivity contribution < 1.29 is 58.5 Å². The SMILES string of the molecule is C/N=C(/CCOC)O/C(=C/c1cc(-c2cc(F)c(CO)c(S(C)(=O)=O)c2)ccc1-n1cc(C(F)(F)F)nc1C)c1ccc(OC(F)(F)F)cc1. The molecule has 268 valence electrons. The van der Waals surface area contributed by atoms with Crippen molar-refractivity contribution in [2.24, 2.45) is 4.99 Å². The van der Waals surface area contributed by atoms with Crippen LogP contribution in [0, 0.1) is 12.7 Å². The number of benzene rings is 3. The van der Waals surface area contributed by atoms with E-state index in [-0.39, 0.29) is 58.5 Å². The molecule has 3 aromatic carbocycles. The van der Waals surface area contributed by atoms with Crippen LogP contribution < -0.4 is 4.74 Å². The molecule has 0 aliphatic carbocycles. The van der Waals surface area contributed by atoms with Gasteiger partial charge >= 0.3 is 12.5 Å². The molecular weight excluding hydrogens is 699 g/mol. The molecule has 0 unspecified atom stereocenters. The summed E-state index contributed by atoms with van der Waals surface area (Å²) >= 11 is 0. The quantitative estimate of drug-likeness (QED) is 0.0564. The van der Waals surface area contributed by atoms with Crippen molar-refractivity contribution in [3.63, 3.8) is 0 Å². The van der Waals surface area contributed by atoms with Gasteiger partial charge in [-0.15, -0.1) is 13.2 Å². The first-order chi connectivity index (χ1) is 23.3. The molecular formula is C33H30F7N3O6S. The predicted molar refractivity (Wildman–Crippen MR) is 170 cm³/mol. The lowest BCUT2D eigenvalue weighted by molar-refractivity contribution is -0.274. The van der Waals surface area contributed by atoms with Crippen molar-refractivity contribution in [3.8, 4) is 22.6 Å². The summed E-state index contributed by atoms with van der Waals surface area (Å²) in [5, 5.41) is 9.65. The van der Waals surface area contributed by atoms with E-state index < -0.39 is 56.7 Å². The van der Waals surface area contributed by atoms with Crippen LogP contribution in [0.25, 0.3) is 28.6 Å². The van der Waals surface area contributed by atoms with Crippen molar-refractivity contribution in [2.45, 2.75) is 37.4 Å². The summed E-state index contributed by atoms with van der Waals surface area (Å²) in [5.74, 6) is -1.51. The molecule has 50 heavy (non-hydrogen) atoms. The molecule has 9 nitrogen and oxygen atoms in total. The summed E-state index contributed by atoms with van der Waals surface area (Å²) in [5.41, 5.74) is -0.925. The highest BCUT2D eigenvalue weighted by Crippen LogP contribution is 2.35. The van der Waals surface area contributed by atoms with Gasteiger partial charge in [-0.05, 0) is 72.7 Å². The average molecular weight is 730 g/mol. The van der Waals surface area contributed by atoms with Crippen molar-refractivity contribution in [3.05, 3.63) is 94.8 Å². The monoisotopic (exact) mass is 729 g/mol. The molecule has 0 saturated heterocycles. The van der Waals surface area contributed by atoms with E-state index in [4.69, 9.17) is 9.47 Å². The first-order valence-corrected chi connectivity index (χ1v) is 16.4. The Morgan fingerprint density at radius 1 is 1.02 bits per heavy atom. The molecule has 0 spiro atoms. The number of aromatic nitrogens is 2. The van der Waals surface area contributed by atoms with Gasteiger partial charge in [0.25, 0.3) is 0 Å². The van der Waals surface area contributed by atoms with Crippen molar-refractivity contribution in [2.75, 3.05) is 27.0 Å².